The van der Waals surface area contributed by atoms with Crippen molar-refractivity contribution in [1.29, 1.82) is 0 Å². The predicted octanol–water partition coefficient (Wildman–Crippen LogP) is -1.58. The van der Waals surface area contributed by atoms with Gasteiger partial charge in [0.15, 0.2) is 11.5 Å². The van der Waals surface area contributed by atoms with E-state index in [1.807, 2.05) is 0 Å². The van der Waals surface area contributed by atoms with E-state index < -0.39 is 14.8 Å². The predicted molar refractivity (Wildman–Crippen MR) is 55.5 cm³/mol. The summed E-state index contributed by atoms with van der Waals surface area (Å²) in [7, 11) is -1.68. The summed E-state index contributed by atoms with van der Waals surface area (Å²) in [6, 6.07) is 5.00. The van der Waals surface area contributed by atoms with E-state index in [2.05, 4.69) is 4.57 Å². The minimum atomic E-state index is -1.15. The Morgan fingerprint density at radius 3 is 2.73 bits per heavy atom. The summed E-state index contributed by atoms with van der Waals surface area (Å²) in [5, 5.41) is 17.9. The summed E-state index contributed by atoms with van der Waals surface area (Å²) in [6.45, 7) is 1.02. The molecule has 0 amide bonds. The van der Waals surface area contributed by atoms with Gasteiger partial charge in [-0.3, -0.25) is 0 Å². The van der Waals surface area contributed by atoms with Gasteiger partial charge in [0, 0.05) is 0 Å². The Bertz CT molecular complexity index is 346. The zero-order valence-electron chi connectivity index (χ0n) is 8.05. The number of benzene rings is 1. The SMILES string of the molecule is OBOB(O)c1ccc2c(c1)OCCO2. The molecule has 7 heteroatoms. The Kier molecular flexibility index (Phi) is 3.15. The lowest BCUT2D eigenvalue weighted by molar-refractivity contribution is 0.171. The maximum atomic E-state index is 9.44. The zero-order valence-corrected chi connectivity index (χ0v) is 8.05. The van der Waals surface area contributed by atoms with E-state index in [0.29, 0.717) is 30.2 Å². The Hall–Kier alpha value is -1.17. The highest BCUT2D eigenvalue weighted by Gasteiger charge is 2.19. The molecule has 1 aromatic rings. The van der Waals surface area contributed by atoms with Gasteiger partial charge in [-0.15, -0.1) is 0 Å². The van der Waals surface area contributed by atoms with Gasteiger partial charge in [-0.1, -0.05) is 6.07 Å². The lowest BCUT2D eigenvalue weighted by Crippen LogP contribution is -2.35. The summed E-state index contributed by atoms with van der Waals surface area (Å²) in [6.07, 6.45) is 0. The van der Waals surface area contributed by atoms with Crippen LogP contribution in [0, 0.1) is 0 Å². The normalized spacial score (nSPS) is 13.5. The summed E-state index contributed by atoms with van der Waals surface area (Å²) < 4.78 is 15.3. The fraction of sp³-hybridized carbons (Fsp3) is 0.250. The van der Waals surface area contributed by atoms with E-state index in [1.165, 1.54) is 0 Å². The van der Waals surface area contributed by atoms with Crippen molar-refractivity contribution < 1.29 is 24.1 Å². The average Bonchev–Trinajstić information content (AvgIpc) is 2.29. The zero-order chi connectivity index (χ0) is 10.7. The first-order valence-electron chi connectivity index (χ1n) is 4.61. The molecule has 0 aliphatic carbocycles. The molecule has 0 bridgehead atoms. The van der Waals surface area contributed by atoms with Crippen LogP contribution < -0.4 is 14.9 Å². The molecule has 1 heterocycles. The minimum Gasteiger partial charge on any atom is -0.486 e. The molecule has 0 atom stereocenters. The van der Waals surface area contributed by atoms with E-state index in [-0.39, 0.29) is 0 Å². The van der Waals surface area contributed by atoms with E-state index in [0.717, 1.165) is 0 Å². The molecular weight excluding hydrogens is 198 g/mol. The summed E-state index contributed by atoms with van der Waals surface area (Å²) in [5.41, 5.74) is 0.522. The average molecular weight is 208 g/mol. The molecule has 0 radical (unpaired) electrons. The van der Waals surface area contributed by atoms with Gasteiger partial charge in [-0.05, 0) is 17.6 Å². The van der Waals surface area contributed by atoms with Crippen molar-refractivity contribution >= 4 is 20.3 Å². The van der Waals surface area contributed by atoms with Gasteiger partial charge in [-0.2, -0.15) is 0 Å². The number of rotatable bonds is 3. The van der Waals surface area contributed by atoms with Crippen LogP contribution in [-0.2, 0) is 4.57 Å². The quantitative estimate of drug-likeness (QED) is 0.586. The third-order valence-electron chi connectivity index (χ3n) is 2.08. The Balaban J connectivity index is 2.20. The van der Waals surface area contributed by atoms with Crippen LogP contribution in [0.15, 0.2) is 18.2 Å². The van der Waals surface area contributed by atoms with Crippen LogP contribution in [0.5, 0.6) is 11.5 Å². The van der Waals surface area contributed by atoms with E-state index in [9.17, 15) is 5.02 Å². The van der Waals surface area contributed by atoms with Crippen molar-refractivity contribution in [2.75, 3.05) is 13.2 Å². The van der Waals surface area contributed by atoms with Crippen molar-refractivity contribution in [3.8, 4) is 11.5 Å². The molecule has 15 heavy (non-hydrogen) atoms. The van der Waals surface area contributed by atoms with Gasteiger partial charge in [0.05, 0.1) is 0 Å². The van der Waals surface area contributed by atoms with Crippen molar-refractivity contribution in [2.45, 2.75) is 0 Å². The summed E-state index contributed by atoms with van der Waals surface area (Å²) in [4.78, 5) is 0. The number of fused-ring (bicyclic) bond motifs is 1. The van der Waals surface area contributed by atoms with Crippen LogP contribution in [0.25, 0.3) is 0 Å². The molecule has 0 fully saturated rings. The van der Waals surface area contributed by atoms with Gasteiger partial charge >= 0.3 is 14.8 Å². The molecule has 5 nitrogen and oxygen atoms in total. The van der Waals surface area contributed by atoms with Crippen LogP contribution in [-0.4, -0.2) is 38.1 Å². The number of hydrogen-bond acceptors (Lipinski definition) is 5. The largest absolute Gasteiger partial charge is 0.486 e. The molecule has 2 N–H and O–H groups in total. The third kappa shape index (κ3) is 2.26. The summed E-state index contributed by atoms with van der Waals surface area (Å²) >= 11 is 0. The van der Waals surface area contributed by atoms with Gasteiger partial charge < -0.3 is 24.1 Å². The fourth-order valence-electron chi connectivity index (χ4n) is 1.38. The molecule has 0 saturated carbocycles. The van der Waals surface area contributed by atoms with E-state index in [4.69, 9.17) is 14.5 Å². The molecule has 1 aromatic carbocycles. The lowest BCUT2D eigenvalue weighted by atomic mass is 9.78. The maximum absolute atomic E-state index is 9.44. The highest BCUT2D eigenvalue weighted by atomic mass is 16.6. The van der Waals surface area contributed by atoms with Gasteiger partial charge in [-0.25, -0.2) is 0 Å². The number of hydrogen-bond donors (Lipinski definition) is 2. The Labute approximate surface area is 88.0 Å². The van der Waals surface area contributed by atoms with Crippen molar-refractivity contribution in [2.24, 2.45) is 0 Å². The van der Waals surface area contributed by atoms with Crippen LogP contribution >= 0.6 is 0 Å². The first-order valence-corrected chi connectivity index (χ1v) is 4.61. The second-order valence-electron chi connectivity index (χ2n) is 3.05. The van der Waals surface area contributed by atoms with Crippen molar-refractivity contribution in [3.63, 3.8) is 0 Å². The molecule has 0 aromatic heterocycles. The third-order valence-corrected chi connectivity index (χ3v) is 2.08. The maximum Gasteiger partial charge on any atom is 0.477 e. The first-order chi connectivity index (χ1) is 7.31. The molecule has 1 aliphatic rings. The lowest BCUT2D eigenvalue weighted by Gasteiger charge is -2.19. The van der Waals surface area contributed by atoms with Crippen molar-refractivity contribution in [1.82, 2.24) is 0 Å². The molecule has 2 rings (SSSR count). The monoisotopic (exact) mass is 208 g/mol. The Morgan fingerprint density at radius 1 is 1.27 bits per heavy atom. The van der Waals surface area contributed by atoms with E-state index >= 15 is 0 Å². The van der Waals surface area contributed by atoms with E-state index in [1.54, 1.807) is 18.2 Å². The Morgan fingerprint density at radius 2 is 2.00 bits per heavy atom. The second kappa shape index (κ2) is 4.57. The smallest absolute Gasteiger partial charge is 0.477 e. The molecule has 1 aliphatic heterocycles. The second-order valence-corrected chi connectivity index (χ2v) is 3.05. The molecule has 0 unspecified atom stereocenters. The van der Waals surface area contributed by atoms with Crippen LogP contribution in [0.1, 0.15) is 0 Å². The van der Waals surface area contributed by atoms with Crippen LogP contribution in [0.3, 0.4) is 0 Å². The van der Waals surface area contributed by atoms with Gasteiger partial charge in [0.25, 0.3) is 0 Å². The number of ether oxygens (including phenoxy) is 2. The van der Waals surface area contributed by atoms with Gasteiger partial charge in [0.2, 0.25) is 0 Å². The fourth-order valence-corrected chi connectivity index (χ4v) is 1.38. The molecular formula is C8H10B2O5. The molecule has 0 spiro atoms. The minimum absolute atomic E-state index is 0.493. The molecule has 78 valence electrons. The highest BCUT2D eigenvalue weighted by molar-refractivity contribution is 6.64. The molecule has 0 saturated heterocycles. The first kappa shape index (κ1) is 10.4. The standard InChI is InChI=1S/C8H10B2O5/c11-9-15-10(12)6-1-2-7-8(5-6)14-4-3-13-7/h1-2,5,9,11-12H,3-4H2. The van der Waals surface area contributed by atoms with Crippen LogP contribution in [0.4, 0.5) is 0 Å². The van der Waals surface area contributed by atoms with Crippen LogP contribution in [0.2, 0.25) is 0 Å². The van der Waals surface area contributed by atoms with Gasteiger partial charge in [0.1, 0.15) is 13.2 Å². The highest BCUT2D eigenvalue weighted by Crippen LogP contribution is 2.28. The van der Waals surface area contributed by atoms with Crippen molar-refractivity contribution in [3.05, 3.63) is 18.2 Å². The summed E-state index contributed by atoms with van der Waals surface area (Å²) in [5.74, 6) is 1.24. The topological polar surface area (TPSA) is 68.2 Å².